The molecule has 0 amide bonds. The lowest BCUT2D eigenvalue weighted by Gasteiger charge is -2.26. The molecule has 1 unspecified atom stereocenters. The Hall–Kier alpha value is -1.33. The molecule has 4 nitrogen and oxygen atoms in total. The zero-order valence-corrected chi connectivity index (χ0v) is 9.96. The van der Waals surface area contributed by atoms with Crippen LogP contribution in [-0.2, 0) is 4.74 Å². The summed E-state index contributed by atoms with van der Waals surface area (Å²) in [5.41, 5.74) is 0.416. The fourth-order valence-corrected chi connectivity index (χ4v) is 1.98. The third kappa shape index (κ3) is 2.35. The van der Waals surface area contributed by atoms with Crippen LogP contribution in [0.2, 0.25) is 0 Å². The summed E-state index contributed by atoms with van der Waals surface area (Å²) in [6.45, 7) is 1.91. The van der Waals surface area contributed by atoms with E-state index in [1.807, 2.05) is 0 Å². The molecule has 0 saturated carbocycles. The van der Waals surface area contributed by atoms with Gasteiger partial charge in [-0.3, -0.25) is 0 Å². The fourth-order valence-electron chi connectivity index (χ4n) is 1.98. The van der Waals surface area contributed by atoms with Gasteiger partial charge in [-0.1, -0.05) is 0 Å². The molecule has 5 heteroatoms. The minimum absolute atomic E-state index is 0.337. The zero-order valence-electron chi connectivity index (χ0n) is 9.96. The Morgan fingerprint density at radius 1 is 1.35 bits per heavy atom. The van der Waals surface area contributed by atoms with Gasteiger partial charge in [0.15, 0.2) is 11.5 Å². The van der Waals surface area contributed by atoms with Crippen molar-refractivity contribution >= 4 is 0 Å². The minimum Gasteiger partial charge on any atom is -0.493 e. The molecule has 1 atom stereocenters. The molecule has 1 fully saturated rings. The Bertz CT molecular complexity index is 392. The third-order valence-electron chi connectivity index (χ3n) is 2.78. The summed E-state index contributed by atoms with van der Waals surface area (Å²) in [5, 5.41) is 3.16. The highest BCUT2D eigenvalue weighted by Gasteiger charge is 2.25. The molecular formula is C12H16FNO3. The first-order valence-electron chi connectivity index (χ1n) is 5.50. The van der Waals surface area contributed by atoms with Crippen molar-refractivity contribution in [1.82, 2.24) is 5.32 Å². The van der Waals surface area contributed by atoms with E-state index in [0.29, 0.717) is 30.2 Å². The fraction of sp³-hybridized carbons (Fsp3) is 0.500. The maximum atomic E-state index is 13.9. The molecule has 94 valence electrons. The Labute approximate surface area is 99.7 Å². The second kappa shape index (κ2) is 5.33. The highest BCUT2D eigenvalue weighted by molar-refractivity contribution is 5.48. The molecule has 1 aromatic carbocycles. The maximum absolute atomic E-state index is 13.9. The van der Waals surface area contributed by atoms with Gasteiger partial charge in [-0.15, -0.1) is 0 Å². The first-order valence-corrected chi connectivity index (χ1v) is 5.50. The van der Waals surface area contributed by atoms with Crippen LogP contribution in [0, 0.1) is 5.82 Å². The van der Waals surface area contributed by atoms with E-state index in [1.165, 1.54) is 20.3 Å². The number of morpholine rings is 1. The Kier molecular flexibility index (Phi) is 3.81. The van der Waals surface area contributed by atoms with Gasteiger partial charge in [0.05, 0.1) is 26.4 Å². The summed E-state index contributed by atoms with van der Waals surface area (Å²) in [4.78, 5) is 0. The van der Waals surface area contributed by atoms with Crippen LogP contribution in [0.4, 0.5) is 4.39 Å². The van der Waals surface area contributed by atoms with Crippen LogP contribution in [0.1, 0.15) is 11.7 Å². The Morgan fingerprint density at radius 3 is 2.76 bits per heavy atom. The number of benzene rings is 1. The highest BCUT2D eigenvalue weighted by Crippen LogP contribution is 2.38. The van der Waals surface area contributed by atoms with E-state index < -0.39 is 0 Å². The molecule has 0 bridgehead atoms. The van der Waals surface area contributed by atoms with Gasteiger partial charge in [0.25, 0.3) is 0 Å². The molecule has 0 aromatic heterocycles. The summed E-state index contributed by atoms with van der Waals surface area (Å²) >= 11 is 0. The molecule has 1 heterocycles. The smallest absolute Gasteiger partial charge is 0.169 e. The normalized spacial score (nSPS) is 20.1. The first kappa shape index (κ1) is 12.1. The van der Waals surface area contributed by atoms with E-state index in [4.69, 9.17) is 14.2 Å². The van der Waals surface area contributed by atoms with E-state index >= 15 is 0 Å². The molecule has 2 rings (SSSR count). The predicted octanol–water partition coefficient (Wildman–Crippen LogP) is 1.50. The van der Waals surface area contributed by atoms with Gasteiger partial charge in [0, 0.05) is 13.1 Å². The molecule has 0 radical (unpaired) electrons. The average molecular weight is 241 g/mol. The first-order chi connectivity index (χ1) is 8.27. The maximum Gasteiger partial charge on any atom is 0.169 e. The van der Waals surface area contributed by atoms with Gasteiger partial charge in [0.1, 0.15) is 11.9 Å². The van der Waals surface area contributed by atoms with E-state index in [9.17, 15) is 4.39 Å². The summed E-state index contributed by atoms with van der Waals surface area (Å²) in [5.74, 6) is 0.579. The van der Waals surface area contributed by atoms with Crippen molar-refractivity contribution in [2.75, 3.05) is 33.9 Å². The second-order valence-electron chi connectivity index (χ2n) is 3.76. The number of halogens is 1. The number of ether oxygens (including phenoxy) is 3. The lowest BCUT2D eigenvalue weighted by atomic mass is 10.1. The molecular weight excluding hydrogens is 225 g/mol. The van der Waals surface area contributed by atoms with Gasteiger partial charge >= 0.3 is 0 Å². The van der Waals surface area contributed by atoms with E-state index in [-0.39, 0.29) is 11.9 Å². The van der Waals surface area contributed by atoms with Gasteiger partial charge in [-0.2, -0.15) is 0 Å². The van der Waals surface area contributed by atoms with Crippen LogP contribution in [0.5, 0.6) is 11.5 Å². The van der Waals surface area contributed by atoms with Crippen LogP contribution in [-0.4, -0.2) is 33.9 Å². The number of methoxy groups -OCH3 is 2. The number of hydrogen-bond acceptors (Lipinski definition) is 4. The van der Waals surface area contributed by atoms with Crippen molar-refractivity contribution in [3.63, 3.8) is 0 Å². The van der Waals surface area contributed by atoms with Crippen LogP contribution < -0.4 is 14.8 Å². The molecule has 0 spiro atoms. The lowest BCUT2D eigenvalue weighted by Crippen LogP contribution is -2.34. The average Bonchev–Trinajstić information content (AvgIpc) is 2.39. The molecule has 1 N–H and O–H groups in total. The minimum atomic E-state index is -0.339. The topological polar surface area (TPSA) is 39.7 Å². The van der Waals surface area contributed by atoms with Crippen LogP contribution in [0.3, 0.4) is 0 Å². The molecule has 0 aliphatic carbocycles. The molecule has 1 aromatic rings. The van der Waals surface area contributed by atoms with E-state index in [0.717, 1.165) is 6.54 Å². The van der Waals surface area contributed by atoms with Crippen molar-refractivity contribution in [1.29, 1.82) is 0 Å². The number of rotatable bonds is 3. The Morgan fingerprint density at radius 2 is 2.18 bits per heavy atom. The zero-order chi connectivity index (χ0) is 12.3. The molecule has 1 saturated heterocycles. The summed E-state index contributed by atoms with van der Waals surface area (Å²) in [7, 11) is 3.02. The Balaban J connectivity index is 2.41. The van der Waals surface area contributed by atoms with Crippen molar-refractivity contribution in [2.24, 2.45) is 0 Å². The van der Waals surface area contributed by atoms with Gasteiger partial charge < -0.3 is 19.5 Å². The molecule has 17 heavy (non-hydrogen) atoms. The summed E-state index contributed by atoms with van der Waals surface area (Å²) in [6.07, 6.45) is -0.339. The second-order valence-corrected chi connectivity index (χ2v) is 3.76. The SMILES string of the molecule is COc1ccc(F)c(C2CNCCO2)c1OC. The third-order valence-corrected chi connectivity index (χ3v) is 2.78. The van der Waals surface area contributed by atoms with Crippen molar-refractivity contribution in [3.8, 4) is 11.5 Å². The molecule has 1 aliphatic rings. The van der Waals surface area contributed by atoms with Crippen LogP contribution in [0.15, 0.2) is 12.1 Å². The quantitative estimate of drug-likeness (QED) is 0.870. The standard InChI is InChI=1S/C12H16FNO3/c1-15-9-4-3-8(13)11(12(9)16-2)10-7-14-5-6-17-10/h3-4,10,14H,5-7H2,1-2H3. The molecule has 1 aliphatic heterocycles. The van der Waals surface area contributed by atoms with Gasteiger partial charge in [-0.25, -0.2) is 4.39 Å². The predicted molar refractivity (Wildman–Crippen MR) is 61.1 cm³/mol. The summed E-state index contributed by atoms with van der Waals surface area (Å²) in [6, 6.07) is 2.92. The van der Waals surface area contributed by atoms with E-state index in [2.05, 4.69) is 5.32 Å². The van der Waals surface area contributed by atoms with Crippen LogP contribution >= 0.6 is 0 Å². The van der Waals surface area contributed by atoms with Gasteiger partial charge in [-0.05, 0) is 12.1 Å². The van der Waals surface area contributed by atoms with Crippen molar-refractivity contribution in [2.45, 2.75) is 6.10 Å². The van der Waals surface area contributed by atoms with Gasteiger partial charge in [0.2, 0.25) is 0 Å². The summed E-state index contributed by atoms with van der Waals surface area (Å²) < 4.78 is 29.8. The van der Waals surface area contributed by atoms with Crippen LogP contribution in [0.25, 0.3) is 0 Å². The highest BCUT2D eigenvalue weighted by atomic mass is 19.1. The largest absolute Gasteiger partial charge is 0.493 e. The number of hydrogen-bond donors (Lipinski definition) is 1. The van der Waals surface area contributed by atoms with Crippen molar-refractivity contribution in [3.05, 3.63) is 23.5 Å². The monoisotopic (exact) mass is 241 g/mol. The van der Waals surface area contributed by atoms with Crippen molar-refractivity contribution < 1.29 is 18.6 Å². The lowest BCUT2D eigenvalue weighted by molar-refractivity contribution is 0.0238. The van der Waals surface area contributed by atoms with E-state index in [1.54, 1.807) is 6.07 Å². The number of nitrogens with one attached hydrogen (secondary N) is 1.